The van der Waals surface area contributed by atoms with E-state index in [-0.39, 0.29) is 16.9 Å². The molecule has 0 spiro atoms. The van der Waals surface area contributed by atoms with Gasteiger partial charge in [0.1, 0.15) is 0 Å². The van der Waals surface area contributed by atoms with Crippen molar-refractivity contribution in [2.75, 3.05) is 19.6 Å². The molecule has 0 saturated carbocycles. The molecule has 2 rings (SSSR count). The summed E-state index contributed by atoms with van der Waals surface area (Å²) in [5.74, 6) is -1.67. The Morgan fingerprint density at radius 3 is 2.62 bits per heavy atom. The minimum absolute atomic E-state index is 0.138. The highest BCUT2D eigenvalue weighted by Gasteiger charge is 2.27. The van der Waals surface area contributed by atoms with Crippen LogP contribution in [0.15, 0.2) is 21.6 Å². The first-order valence-corrected chi connectivity index (χ1v) is 8.48. The molecule has 0 atom stereocenters. The van der Waals surface area contributed by atoms with Crippen molar-refractivity contribution in [1.29, 1.82) is 0 Å². The van der Waals surface area contributed by atoms with Crippen molar-refractivity contribution < 1.29 is 22.7 Å². The van der Waals surface area contributed by atoms with E-state index in [9.17, 15) is 13.2 Å². The molecule has 1 aromatic heterocycles. The Hall–Kier alpha value is -1.38. The third-order valence-corrected chi connectivity index (χ3v) is 4.90. The van der Waals surface area contributed by atoms with E-state index < -0.39 is 16.0 Å². The second kappa shape index (κ2) is 6.59. The Morgan fingerprint density at radius 1 is 1.43 bits per heavy atom. The van der Waals surface area contributed by atoms with Crippen molar-refractivity contribution in [3.8, 4) is 0 Å². The second-order valence-electron chi connectivity index (χ2n) is 5.16. The number of carbonyl (C=O) groups is 1. The molecule has 21 heavy (non-hydrogen) atoms. The summed E-state index contributed by atoms with van der Waals surface area (Å²) in [7, 11) is -3.80. The maximum Gasteiger partial charge on any atom is 0.371 e. The molecule has 1 aliphatic heterocycles. The first-order valence-electron chi connectivity index (χ1n) is 7.00. The normalized spacial score (nSPS) is 18.0. The molecule has 0 aliphatic carbocycles. The van der Waals surface area contributed by atoms with Gasteiger partial charge < -0.3 is 14.4 Å². The van der Waals surface area contributed by atoms with Gasteiger partial charge in [0.05, 0.1) is 0 Å². The topological polar surface area (TPSA) is 99.9 Å². The molecule has 118 valence electrons. The van der Waals surface area contributed by atoms with Crippen LogP contribution < -0.4 is 4.72 Å². The molecular formula is C13H20N2O5S. The molecule has 7 nitrogen and oxygen atoms in total. The average Bonchev–Trinajstić information content (AvgIpc) is 2.92. The summed E-state index contributed by atoms with van der Waals surface area (Å²) in [6, 6.07) is 2.17. The van der Waals surface area contributed by atoms with Crippen molar-refractivity contribution in [3.05, 3.63) is 17.9 Å². The third kappa shape index (κ3) is 4.05. The summed E-state index contributed by atoms with van der Waals surface area (Å²) in [4.78, 5) is 13.0. The molecule has 1 aliphatic rings. The van der Waals surface area contributed by atoms with Gasteiger partial charge in [0.2, 0.25) is 10.9 Å². The van der Waals surface area contributed by atoms with E-state index in [1.54, 1.807) is 0 Å². The molecule has 0 bridgehead atoms. The Kier molecular flexibility index (Phi) is 5.02. The molecule has 2 N–H and O–H groups in total. The highest BCUT2D eigenvalue weighted by Crippen LogP contribution is 2.17. The number of rotatable bonds is 6. The fourth-order valence-electron chi connectivity index (χ4n) is 2.45. The first kappa shape index (κ1) is 16.0. The number of aromatic carboxylic acids is 1. The molecule has 0 radical (unpaired) electrons. The van der Waals surface area contributed by atoms with Crippen molar-refractivity contribution >= 4 is 16.0 Å². The van der Waals surface area contributed by atoms with Gasteiger partial charge in [-0.25, -0.2) is 17.9 Å². The van der Waals surface area contributed by atoms with E-state index in [1.165, 1.54) is 0 Å². The van der Waals surface area contributed by atoms with Crippen LogP contribution in [0.3, 0.4) is 0 Å². The molecule has 2 heterocycles. The summed E-state index contributed by atoms with van der Waals surface area (Å²) < 4.78 is 31.7. The van der Waals surface area contributed by atoms with Gasteiger partial charge in [-0.1, -0.05) is 6.92 Å². The number of likely N-dealkylation sites (tertiary alicyclic amines) is 1. The fraction of sp³-hybridized carbons (Fsp3) is 0.615. The van der Waals surface area contributed by atoms with Gasteiger partial charge in [-0.3, -0.25) is 0 Å². The van der Waals surface area contributed by atoms with Gasteiger partial charge in [0.15, 0.2) is 0 Å². The van der Waals surface area contributed by atoms with Crippen molar-refractivity contribution in [3.63, 3.8) is 0 Å². The number of nitrogens with one attached hydrogen (secondary N) is 1. The minimum atomic E-state index is -3.80. The van der Waals surface area contributed by atoms with Crippen LogP contribution in [-0.2, 0) is 10.0 Å². The number of furan rings is 1. The number of piperidine rings is 1. The molecule has 0 unspecified atom stereocenters. The van der Waals surface area contributed by atoms with Gasteiger partial charge >= 0.3 is 5.97 Å². The molecule has 8 heteroatoms. The van der Waals surface area contributed by atoms with E-state index in [4.69, 9.17) is 9.52 Å². The maximum atomic E-state index is 12.1. The van der Waals surface area contributed by atoms with Crippen LogP contribution in [0.25, 0.3) is 0 Å². The van der Waals surface area contributed by atoms with E-state index in [1.807, 2.05) is 0 Å². The Balaban J connectivity index is 1.96. The van der Waals surface area contributed by atoms with Crippen LogP contribution in [0.2, 0.25) is 0 Å². The van der Waals surface area contributed by atoms with Crippen LogP contribution in [0.4, 0.5) is 0 Å². The Labute approximate surface area is 124 Å². The lowest BCUT2D eigenvalue weighted by atomic mass is 10.1. The van der Waals surface area contributed by atoms with Crippen LogP contribution in [-0.4, -0.2) is 50.1 Å². The van der Waals surface area contributed by atoms with E-state index in [0.29, 0.717) is 0 Å². The number of carboxylic acid groups (broad SMARTS) is 1. The smallest absolute Gasteiger partial charge is 0.371 e. The molecule has 1 saturated heterocycles. The lowest BCUT2D eigenvalue weighted by Crippen LogP contribution is -2.44. The Bertz CT molecular complexity index is 587. The molecular weight excluding hydrogens is 296 g/mol. The number of carboxylic acids is 1. The number of sulfonamides is 1. The largest absolute Gasteiger partial charge is 0.475 e. The monoisotopic (exact) mass is 316 g/mol. The van der Waals surface area contributed by atoms with Gasteiger partial charge in [0, 0.05) is 6.04 Å². The number of hydrogen-bond donors (Lipinski definition) is 2. The minimum Gasteiger partial charge on any atom is -0.475 e. The number of hydrogen-bond acceptors (Lipinski definition) is 5. The van der Waals surface area contributed by atoms with E-state index in [2.05, 4.69) is 16.5 Å². The van der Waals surface area contributed by atoms with Gasteiger partial charge in [-0.15, -0.1) is 0 Å². The SMILES string of the molecule is CCCN1CCC(NS(=O)(=O)c2ccc(C(=O)O)o2)CC1. The van der Waals surface area contributed by atoms with Gasteiger partial charge in [0.25, 0.3) is 10.0 Å². The van der Waals surface area contributed by atoms with Crippen LogP contribution in [0.1, 0.15) is 36.7 Å². The van der Waals surface area contributed by atoms with Crippen molar-refractivity contribution in [2.45, 2.75) is 37.3 Å². The molecule has 1 aromatic rings. The maximum absolute atomic E-state index is 12.1. The zero-order valence-corrected chi connectivity index (χ0v) is 12.7. The Morgan fingerprint density at radius 2 is 2.10 bits per heavy atom. The highest BCUT2D eigenvalue weighted by molar-refractivity contribution is 7.89. The quantitative estimate of drug-likeness (QED) is 0.816. The predicted octanol–water partition coefficient (Wildman–Crippen LogP) is 1.13. The number of nitrogens with zero attached hydrogens (tertiary/aromatic N) is 1. The van der Waals surface area contributed by atoms with Gasteiger partial charge in [-0.05, 0) is 51.0 Å². The van der Waals surface area contributed by atoms with Gasteiger partial charge in [-0.2, -0.15) is 0 Å². The lowest BCUT2D eigenvalue weighted by molar-refractivity contribution is 0.0656. The van der Waals surface area contributed by atoms with Crippen LogP contribution in [0.5, 0.6) is 0 Å². The third-order valence-electron chi connectivity index (χ3n) is 3.51. The summed E-state index contributed by atoms with van der Waals surface area (Å²) >= 11 is 0. The summed E-state index contributed by atoms with van der Waals surface area (Å²) in [6.07, 6.45) is 2.57. The van der Waals surface area contributed by atoms with E-state index in [0.717, 1.165) is 51.0 Å². The zero-order valence-electron chi connectivity index (χ0n) is 11.9. The molecule has 1 fully saturated rings. The lowest BCUT2D eigenvalue weighted by Gasteiger charge is -2.31. The summed E-state index contributed by atoms with van der Waals surface area (Å²) in [5, 5.41) is 8.40. The zero-order chi connectivity index (χ0) is 15.5. The molecule has 0 aromatic carbocycles. The van der Waals surface area contributed by atoms with Crippen molar-refractivity contribution in [2.24, 2.45) is 0 Å². The fourth-order valence-corrected chi connectivity index (χ4v) is 3.69. The first-order chi connectivity index (χ1) is 9.92. The second-order valence-corrected chi connectivity index (χ2v) is 6.81. The predicted molar refractivity (Wildman–Crippen MR) is 75.7 cm³/mol. The standard InChI is InChI=1S/C13H20N2O5S/c1-2-7-15-8-5-10(6-9-15)14-21(18,19)12-4-3-11(20-12)13(16)17/h3-4,10,14H,2,5-9H2,1H3,(H,16,17). The summed E-state index contributed by atoms with van der Waals surface area (Å²) in [5.41, 5.74) is 0. The van der Waals surface area contributed by atoms with Crippen LogP contribution in [0, 0.1) is 0 Å². The highest BCUT2D eigenvalue weighted by atomic mass is 32.2. The van der Waals surface area contributed by atoms with Crippen molar-refractivity contribution in [1.82, 2.24) is 9.62 Å². The summed E-state index contributed by atoms with van der Waals surface area (Å²) in [6.45, 7) is 4.87. The average molecular weight is 316 g/mol. The van der Waals surface area contributed by atoms with E-state index >= 15 is 0 Å². The van der Waals surface area contributed by atoms with Crippen LogP contribution >= 0.6 is 0 Å². The molecule has 0 amide bonds.